The lowest BCUT2D eigenvalue weighted by atomic mass is 9.96. The lowest BCUT2D eigenvalue weighted by molar-refractivity contribution is -0.121. The first-order chi connectivity index (χ1) is 14.8. The first kappa shape index (κ1) is 23.8. The standard InChI is InChI=1S/C21H31ClN4O4S/c1-3-26(4-2)31(29,30)17-7-8-18(22)19(15-17)23-20(27)16-9-13-25(14-10-16)21(28)24-11-5-6-12-24/h7-8,15-16H,3-6,9-14H2,1-2H3,(H,23,27). The van der Waals surface area contributed by atoms with Gasteiger partial charge in [-0.2, -0.15) is 4.31 Å². The van der Waals surface area contributed by atoms with Crippen molar-refractivity contribution >= 4 is 39.2 Å². The van der Waals surface area contributed by atoms with Crippen molar-refractivity contribution < 1.29 is 18.0 Å². The van der Waals surface area contributed by atoms with Crippen molar-refractivity contribution in [3.8, 4) is 0 Å². The number of benzene rings is 1. The molecule has 0 unspecified atom stereocenters. The van der Waals surface area contributed by atoms with E-state index >= 15 is 0 Å². The maximum Gasteiger partial charge on any atom is 0.319 e. The van der Waals surface area contributed by atoms with Gasteiger partial charge in [0, 0.05) is 45.2 Å². The maximum absolute atomic E-state index is 12.8. The van der Waals surface area contributed by atoms with E-state index in [1.54, 1.807) is 13.8 Å². The van der Waals surface area contributed by atoms with Crippen molar-refractivity contribution in [3.05, 3.63) is 23.2 Å². The Labute approximate surface area is 189 Å². The minimum absolute atomic E-state index is 0.0636. The fraction of sp³-hybridized carbons (Fsp3) is 0.619. The number of halogens is 1. The topological polar surface area (TPSA) is 90.0 Å². The summed E-state index contributed by atoms with van der Waals surface area (Å²) < 4.78 is 26.9. The number of nitrogens with zero attached hydrogens (tertiary/aromatic N) is 3. The van der Waals surface area contributed by atoms with E-state index in [2.05, 4.69) is 5.32 Å². The molecular formula is C21H31ClN4O4S. The first-order valence-electron chi connectivity index (χ1n) is 10.9. The zero-order valence-electron chi connectivity index (χ0n) is 18.1. The van der Waals surface area contributed by atoms with Gasteiger partial charge in [-0.1, -0.05) is 25.4 Å². The average Bonchev–Trinajstić information content (AvgIpc) is 3.30. The molecule has 0 aliphatic carbocycles. The zero-order chi connectivity index (χ0) is 22.6. The second-order valence-electron chi connectivity index (χ2n) is 7.96. The second kappa shape index (κ2) is 10.2. The largest absolute Gasteiger partial charge is 0.325 e. The van der Waals surface area contributed by atoms with E-state index in [4.69, 9.17) is 11.6 Å². The van der Waals surface area contributed by atoms with Gasteiger partial charge < -0.3 is 15.1 Å². The molecule has 0 atom stereocenters. The van der Waals surface area contributed by atoms with Crippen LogP contribution in [-0.2, 0) is 14.8 Å². The number of nitrogens with one attached hydrogen (secondary N) is 1. The molecule has 10 heteroatoms. The molecule has 2 aliphatic heterocycles. The molecule has 0 radical (unpaired) electrons. The highest BCUT2D eigenvalue weighted by molar-refractivity contribution is 7.89. The molecule has 2 heterocycles. The summed E-state index contributed by atoms with van der Waals surface area (Å²) in [5.74, 6) is -0.450. The van der Waals surface area contributed by atoms with E-state index < -0.39 is 10.0 Å². The highest BCUT2D eigenvalue weighted by atomic mass is 35.5. The number of rotatable bonds is 6. The third-order valence-corrected chi connectivity index (χ3v) is 8.43. The Bertz CT molecular complexity index is 906. The molecule has 2 saturated heterocycles. The Morgan fingerprint density at radius 2 is 1.65 bits per heavy atom. The molecule has 1 N–H and O–H groups in total. The van der Waals surface area contributed by atoms with Crippen molar-refractivity contribution in [1.82, 2.24) is 14.1 Å². The minimum atomic E-state index is -3.65. The van der Waals surface area contributed by atoms with Crippen LogP contribution in [0.25, 0.3) is 0 Å². The molecule has 2 fully saturated rings. The van der Waals surface area contributed by atoms with Crippen LogP contribution >= 0.6 is 11.6 Å². The van der Waals surface area contributed by atoms with Crippen LogP contribution in [0.2, 0.25) is 5.02 Å². The Morgan fingerprint density at radius 3 is 2.23 bits per heavy atom. The summed E-state index contributed by atoms with van der Waals surface area (Å²) in [6.07, 6.45) is 3.24. The summed E-state index contributed by atoms with van der Waals surface area (Å²) in [5.41, 5.74) is 0.287. The Hall–Kier alpha value is -1.84. The number of hydrogen-bond acceptors (Lipinski definition) is 4. The van der Waals surface area contributed by atoms with E-state index in [1.165, 1.54) is 22.5 Å². The molecule has 31 heavy (non-hydrogen) atoms. The molecule has 2 aliphatic rings. The van der Waals surface area contributed by atoms with Crippen molar-refractivity contribution in [2.45, 2.75) is 44.4 Å². The van der Waals surface area contributed by atoms with E-state index in [0.717, 1.165) is 25.9 Å². The van der Waals surface area contributed by atoms with Crippen LogP contribution in [0.1, 0.15) is 39.5 Å². The van der Waals surface area contributed by atoms with Gasteiger partial charge in [0.15, 0.2) is 0 Å². The number of carbonyl (C=O) groups is 2. The SMILES string of the molecule is CCN(CC)S(=O)(=O)c1ccc(Cl)c(NC(=O)C2CCN(C(=O)N3CCCC3)CC2)c1. The molecule has 1 aromatic rings. The highest BCUT2D eigenvalue weighted by Gasteiger charge is 2.31. The van der Waals surface area contributed by atoms with Crippen LogP contribution in [0, 0.1) is 5.92 Å². The van der Waals surface area contributed by atoms with Gasteiger partial charge >= 0.3 is 6.03 Å². The number of likely N-dealkylation sites (tertiary alicyclic amines) is 2. The molecule has 0 aromatic heterocycles. The summed E-state index contributed by atoms with van der Waals surface area (Å²) in [4.78, 5) is 29.1. The Morgan fingerprint density at radius 1 is 1.06 bits per heavy atom. The minimum Gasteiger partial charge on any atom is -0.325 e. The first-order valence-corrected chi connectivity index (χ1v) is 12.7. The van der Waals surface area contributed by atoms with Gasteiger partial charge in [-0.05, 0) is 43.9 Å². The number of amides is 3. The summed E-state index contributed by atoms with van der Waals surface area (Å²) >= 11 is 6.23. The van der Waals surface area contributed by atoms with Crippen molar-refractivity contribution in [3.63, 3.8) is 0 Å². The van der Waals surface area contributed by atoms with Crippen molar-refractivity contribution in [2.24, 2.45) is 5.92 Å². The van der Waals surface area contributed by atoms with E-state index in [-0.39, 0.29) is 33.5 Å². The fourth-order valence-corrected chi connectivity index (χ4v) is 5.80. The predicted octanol–water partition coefficient (Wildman–Crippen LogP) is 3.24. The van der Waals surface area contributed by atoms with Crippen LogP contribution in [0.3, 0.4) is 0 Å². The molecule has 3 rings (SSSR count). The predicted molar refractivity (Wildman–Crippen MR) is 121 cm³/mol. The van der Waals surface area contributed by atoms with Gasteiger partial charge in [-0.3, -0.25) is 4.79 Å². The van der Waals surface area contributed by atoms with E-state index in [0.29, 0.717) is 39.0 Å². The number of piperidine rings is 1. The normalized spacial score (nSPS) is 17.9. The lowest BCUT2D eigenvalue weighted by Crippen LogP contribution is -2.47. The molecule has 1 aromatic carbocycles. The lowest BCUT2D eigenvalue weighted by Gasteiger charge is -2.34. The number of carbonyl (C=O) groups excluding carboxylic acids is 2. The summed E-state index contributed by atoms with van der Waals surface area (Å²) in [6, 6.07) is 4.42. The zero-order valence-corrected chi connectivity index (χ0v) is 19.7. The monoisotopic (exact) mass is 470 g/mol. The van der Waals surface area contributed by atoms with Gasteiger partial charge in [0.1, 0.15) is 0 Å². The van der Waals surface area contributed by atoms with Crippen LogP contribution in [0.5, 0.6) is 0 Å². The smallest absolute Gasteiger partial charge is 0.319 e. The van der Waals surface area contributed by atoms with Crippen molar-refractivity contribution in [1.29, 1.82) is 0 Å². The van der Waals surface area contributed by atoms with Gasteiger partial charge in [0.2, 0.25) is 15.9 Å². The van der Waals surface area contributed by atoms with Crippen LogP contribution in [-0.4, -0.2) is 73.7 Å². The highest BCUT2D eigenvalue weighted by Crippen LogP contribution is 2.29. The van der Waals surface area contributed by atoms with Crippen LogP contribution in [0.4, 0.5) is 10.5 Å². The third-order valence-electron chi connectivity index (χ3n) is 6.05. The van der Waals surface area contributed by atoms with Crippen LogP contribution < -0.4 is 5.32 Å². The number of sulfonamides is 1. The van der Waals surface area contributed by atoms with Gasteiger partial charge in [0.25, 0.3) is 0 Å². The molecule has 0 bridgehead atoms. The summed E-state index contributed by atoms with van der Waals surface area (Å²) in [5, 5.41) is 3.08. The van der Waals surface area contributed by atoms with E-state index in [1.807, 2.05) is 9.80 Å². The molecule has 8 nitrogen and oxygen atoms in total. The van der Waals surface area contributed by atoms with Gasteiger partial charge in [0.05, 0.1) is 15.6 Å². The fourth-order valence-electron chi connectivity index (χ4n) is 4.15. The Kier molecular flexibility index (Phi) is 7.82. The van der Waals surface area contributed by atoms with Crippen molar-refractivity contribution in [2.75, 3.05) is 44.6 Å². The molecule has 3 amide bonds. The number of hydrogen-bond donors (Lipinski definition) is 1. The third kappa shape index (κ3) is 5.32. The number of anilines is 1. The quantitative estimate of drug-likeness (QED) is 0.691. The van der Waals surface area contributed by atoms with Gasteiger partial charge in [-0.15, -0.1) is 0 Å². The Balaban J connectivity index is 1.64. The second-order valence-corrected chi connectivity index (χ2v) is 10.3. The summed E-state index contributed by atoms with van der Waals surface area (Å²) in [7, 11) is -3.65. The summed E-state index contributed by atoms with van der Waals surface area (Å²) in [6.45, 7) is 6.97. The molecule has 0 spiro atoms. The number of urea groups is 1. The molecule has 172 valence electrons. The average molecular weight is 471 g/mol. The molecular weight excluding hydrogens is 440 g/mol. The molecule has 0 saturated carbocycles. The van der Waals surface area contributed by atoms with Gasteiger partial charge in [-0.25, -0.2) is 13.2 Å². The maximum atomic E-state index is 12.8. The van der Waals surface area contributed by atoms with Crippen LogP contribution in [0.15, 0.2) is 23.1 Å². The van der Waals surface area contributed by atoms with E-state index in [9.17, 15) is 18.0 Å².